The van der Waals surface area contributed by atoms with E-state index in [9.17, 15) is 4.39 Å². The van der Waals surface area contributed by atoms with Gasteiger partial charge in [0.25, 0.3) is 0 Å². The van der Waals surface area contributed by atoms with Gasteiger partial charge in [-0.2, -0.15) is 0 Å². The minimum absolute atomic E-state index is 0.122. The van der Waals surface area contributed by atoms with Crippen molar-refractivity contribution in [1.29, 1.82) is 0 Å². The molecule has 106 valence electrons. The third-order valence-corrected chi connectivity index (χ3v) is 4.25. The first-order chi connectivity index (χ1) is 9.29. The fraction of sp³-hybridized carbons (Fsp3) is 0.625. The summed E-state index contributed by atoms with van der Waals surface area (Å²) < 4.78 is 13.7. The highest BCUT2D eigenvalue weighted by Gasteiger charge is 2.18. The summed E-state index contributed by atoms with van der Waals surface area (Å²) in [7, 11) is 0. The van der Waals surface area contributed by atoms with Crippen LogP contribution < -0.4 is 11.3 Å². The molecular weight excluding hydrogens is 239 g/mol. The topological polar surface area (TPSA) is 38.0 Å². The van der Waals surface area contributed by atoms with Gasteiger partial charge in [-0.3, -0.25) is 11.3 Å². The van der Waals surface area contributed by atoms with Gasteiger partial charge in [-0.15, -0.1) is 0 Å². The molecule has 1 unspecified atom stereocenters. The number of nitrogens with one attached hydrogen (secondary N) is 1. The average molecular weight is 264 g/mol. The second-order valence-electron chi connectivity index (χ2n) is 5.75. The summed E-state index contributed by atoms with van der Waals surface area (Å²) in [6.45, 7) is 0. The van der Waals surface area contributed by atoms with Gasteiger partial charge in [-0.05, 0) is 30.4 Å². The summed E-state index contributed by atoms with van der Waals surface area (Å²) in [6, 6.07) is 7.17. The summed E-state index contributed by atoms with van der Waals surface area (Å²) >= 11 is 0. The van der Waals surface area contributed by atoms with Crippen LogP contribution in [-0.4, -0.2) is 6.04 Å². The molecule has 1 aliphatic carbocycles. The summed E-state index contributed by atoms with van der Waals surface area (Å²) in [5.41, 5.74) is 3.64. The largest absolute Gasteiger partial charge is 0.271 e. The standard InChI is InChI=1S/C16H25FN2/c17-16-10-6-5-9-14(16)12-15(19-18)11-13-7-3-1-2-4-8-13/h5-6,9-10,13,15,19H,1-4,7-8,11-12,18H2. The number of hydrogen-bond acceptors (Lipinski definition) is 2. The van der Waals surface area contributed by atoms with Crippen LogP contribution >= 0.6 is 0 Å². The summed E-state index contributed by atoms with van der Waals surface area (Å²) in [6.07, 6.45) is 9.74. The van der Waals surface area contributed by atoms with E-state index in [0.717, 1.165) is 17.9 Å². The Morgan fingerprint density at radius 2 is 1.84 bits per heavy atom. The van der Waals surface area contributed by atoms with Crippen molar-refractivity contribution in [3.63, 3.8) is 0 Å². The summed E-state index contributed by atoms with van der Waals surface area (Å²) in [4.78, 5) is 0. The maximum atomic E-state index is 13.7. The van der Waals surface area contributed by atoms with Crippen molar-refractivity contribution in [2.45, 2.75) is 57.4 Å². The van der Waals surface area contributed by atoms with Gasteiger partial charge in [-0.1, -0.05) is 56.7 Å². The van der Waals surface area contributed by atoms with Gasteiger partial charge in [0.2, 0.25) is 0 Å². The van der Waals surface area contributed by atoms with E-state index in [4.69, 9.17) is 5.84 Å². The summed E-state index contributed by atoms with van der Waals surface area (Å²) in [5.74, 6) is 6.28. The van der Waals surface area contributed by atoms with E-state index in [1.54, 1.807) is 6.07 Å². The quantitative estimate of drug-likeness (QED) is 0.485. The first-order valence-corrected chi connectivity index (χ1v) is 7.49. The minimum atomic E-state index is -0.122. The molecule has 0 amide bonds. The van der Waals surface area contributed by atoms with Crippen LogP contribution in [0.15, 0.2) is 24.3 Å². The molecule has 0 aromatic heterocycles. The lowest BCUT2D eigenvalue weighted by molar-refractivity contribution is 0.350. The number of rotatable bonds is 5. The number of hydrogen-bond donors (Lipinski definition) is 2. The van der Waals surface area contributed by atoms with Gasteiger partial charge in [-0.25, -0.2) is 4.39 Å². The van der Waals surface area contributed by atoms with Crippen molar-refractivity contribution in [1.82, 2.24) is 5.43 Å². The Hall–Kier alpha value is -0.930. The van der Waals surface area contributed by atoms with Crippen LogP contribution in [-0.2, 0) is 6.42 Å². The van der Waals surface area contributed by atoms with Crippen molar-refractivity contribution < 1.29 is 4.39 Å². The Kier molecular flexibility index (Phi) is 5.80. The van der Waals surface area contributed by atoms with E-state index in [-0.39, 0.29) is 11.9 Å². The zero-order valence-corrected chi connectivity index (χ0v) is 11.6. The number of benzene rings is 1. The molecule has 1 fully saturated rings. The molecular formula is C16H25FN2. The molecule has 1 aliphatic rings. The van der Waals surface area contributed by atoms with E-state index < -0.39 is 0 Å². The second-order valence-corrected chi connectivity index (χ2v) is 5.75. The van der Waals surface area contributed by atoms with Crippen molar-refractivity contribution in [2.24, 2.45) is 11.8 Å². The average Bonchev–Trinajstić information content (AvgIpc) is 2.69. The molecule has 0 saturated heterocycles. The SMILES string of the molecule is NNC(Cc1ccccc1F)CC1CCCCCC1. The number of nitrogens with two attached hydrogens (primary N) is 1. The Morgan fingerprint density at radius 3 is 2.47 bits per heavy atom. The van der Waals surface area contributed by atoms with Crippen LogP contribution in [0.3, 0.4) is 0 Å². The Morgan fingerprint density at radius 1 is 1.16 bits per heavy atom. The number of halogens is 1. The molecule has 19 heavy (non-hydrogen) atoms. The fourth-order valence-corrected chi connectivity index (χ4v) is 3.14. The van der Waals surface area contributed by atoms with Gasteiger partial charge in [0.1, 0.15) is 5.82 Å². The minimum Gasteiger partial charge on any atom is -0.271 e. The molecule has 1 atom stereocenters. The Bertz CT molecular complexity index is 373. The summed E-state index contributed by atoms with van der Waals surface area (Å²) in [5, 5.41) is 0. The molecule has 1 aromatic carbocycles. The fourth-order valence-electron chi connectivity index (χ4n) is 3.14. The predicted octanol–water partition coefficient (Wildman–Crippen LogP) is 3.56. The molecule has 2 rings (SSSR count). The van der Waals surface area contributed by atoms with Crippen molar-refractivity contribution in [3.05, 3.63) is 35.6 Å². The lowest BCUT2D eigenvalue weighted by Gasteiger charge is -2.22. The van der Waals surface area contributed by atoms with Gasteiger partial charge in [0.15, 0.2) is 0 Å². The lowest BCUT2D eigenvalue weighted by Crippen LogP contribution is -2.38. The Labute approximate surface area is 115 Å². The zero-order valence-electron chi connectivity index (χ0n) is 11.6. The molecule has 0 spiro atoms. The second kappa shape index (κ2) is 7.61. The lowest BCUT2D eigenvalue weighted by atomic mass is 9.90. The maximum Gasteiger partial charge on any atom is 0.126 e. The van der Waals surface area contributed by atoms with Crippen LogP contribution in [0.1, 0.15) is 50.5 Å². The molecule has 1 saturated carbocycles. The third-order valence-electron chi connectivity index (χ3n) is 4.25. The highest BCUT2D eigenvalue weighted by Crippen LogP contribution is 2.27. The highest BCUT2D eigenvalue weighted by atomic mass is 19.1. The zero-order chi connectivity index (χ0) is 13.5. The van der Waals surface area contributed by atoms with Crippen LogP contribution in [0, 0.1) is 11.7 Å². The van der Waals surface area contributed by atoms with E-state index in [0.29, 0.717) is 6.42 Å². The Balaban J connectivity index is 1.90. The van der Waals surface area contributed by atoms with E-state index in [1.165, 1.54) is 44.6 Å². The molecule has 0 aliphatic heterocycles. The van der Waals surface area contributed by atoms with E-state index >= 15 is 0 Å². The van der Waals surface area contributed by atoms with Gasteiger partial charge < -0.3 is 0 Å². The normalized spacial score (nSPS) is 19.1. The smallest absolute Gasteiger partial charge is 0.126 e. The monoisotopic (exact) mass is 264 g/mol. The molecule has 3 N–H and O–H groups in total. The van der Waals surface area contributed by atoms with Gasteiger partial charge in [0.05, 0.1) is 0 Å². The predicted molar refractivity (Wildman–Crippen MR) is 77.0 cm³/mol. The highest BCUT2D eigenvalue weighted by molar-refractivity contribution is 5.18. The first-order valence-electron chi connectivity index (χ1n) is 7.49. The molecule has 3 heteroatoms. The molecule has 0 radical (unpaired) electrons. The van der Waals surface area contributed by atoms with E-state index in [1.807, 2.05) is 12.1 Å². The van der Waals surface area contributed by atoms with Crippen LogP contribution in [0.4, 0.5) is 4.39 Å². The van der Waals surface area contributed by atoms with Gasteiger partial charge in [0, 0.05) is 6.04 Å². The van der Waals surface area contributed by atoms with Crippen molar-refractivity contribution >= 4 is 0 Å². The number of hydrazine groups is 1. The molecule has 0 heterocycles. The molecule has 0 bridgehead atoms. The van der Waals surface area contributed by atoms with Crippen LogP contribution in [0.25, 0.3) is 0 Å². The van der Waals surface area contributed by atoms with Crippen LogP contribution in [0.2, 0.25) is 0 Å². The van der Waals surface area contributed by atoms with Crippen molar-refractivity contribution in [3.8, 4) is 0 Å². The molecule has 2 nitrogen and oxygen atoms in total. The van der Waals surface area contributed by atoms with Gasteiger partial charge >= 0.3 is 0 Å². The third kappa shape index (κ3) is 4.59. The van der Waals surface area contributed by atoms with Crippen molar-refractivity contribution in [2.75, 3.05) is 0 Å². The molecule has 1 aromatic rings. The maximum absolute atomic E-state index is 13.7. The van der Waals surface area contributed by atoms with Crippen LogP contribution in [0.5, 0.6) is 0 Å². The first kappa shape index (κ1) is 14.5. The van der Waals surface area contributed by atoms with E-state index in [2.05, 4.69) is 5.43 Å².